The number of rotatable bonds is 3. The summed E-state index contributed by atoms with van der Waals surface area (Å²) >= 11 is 3.43. The minimum Gasteiger partial charge on any atom is -0.207 e. The van der Waals surface area contributed by atoms with Crippen molar-refractivity contribution in [1.29, 1.82) is 0 Å². The van der Waals surface area contributed by atoms with Gasteiger partial charge in [0.1, 0.15) is 5.82 Å². The van der Waals surface area contributed by atoms with E-state index in [1.165, 1.54) is 11.6 Å². The van der Waals surface area contributed by atoms with E-state index in [2.05, 4.69) is 29.8 Å². The quantitative estimate of drug-likeness (QED) is 0.710. The van der Waals surface area contributed by atoms with Gasteiger partial charge in [0.25, 0.3) is 0 Å². The number of alkyl halides is 1. The van der Waals surface area contributed by atoms with Crippen LogP contribution in [-0.2, 0) is 0 Å². The van der Waals surface area contributed by atoms with Gasteiger partial charge in [-0.25, -0.2) is 4.39 Å². The molecule has 1 aromatic carbocycles. The molecule has 14 heavy (non-hydrogen) atoms. The van der Waals surface area contributed by atoms with Crippen LogP contribution in [0.1, 0.15) is 19.4 Å². The Labute approximate surface area is 93.0 Å². The number of hydrogen-bond donors (Lipinski definition) is 0. The molecule has 0 saturated carbocycles. The van der Waals surface area contributed by atoms with Gasteiger partial charge in [0.2, 0.25) is 0 Å². The fraction of sp³-hybridized carbons (Fsp3) is 0.333. The van der Waals surface area contributed by atoms with Gasteiger partial charge in [-0.3, -0.25) is 0 Å². The van der Waals surface area contributed by atoms with E-state index in [9.17, 15) is 4.39 Å². The highest BCUT2D eigenvalue weighted by atomic mass is 79.9. The predicted molar refractivity (Wildman–Crippen MR) is 63.0 cm³/mol. The molecule has 1 rings (SSSR count). The maximum Gasteiger partial charge on any atom is 0.123 e. The number of benzene rings is 1. The molecule has 0 aromatic heterocycles. The van der Waals surface area contributed by atoms with Crippen molar-refractivity contribution in [2.75, 3.05) is 5.33 Å². The molecule has 0 heterocycles. The van der Waals surface area contributed by atoms with Crippen LogP contribution in [0, 0.1) is 11.7 Å². The van der Waals surface area contributed by atoms with Crippen molar-refractivity contribution in [1.82, 2.24) is 0 Å². The summed E-state index contributed by atoms with van der Waals surface area (Å²) in [6.45, 7) is 4.26. The molecule has 1 aromatic rings. The van der Waals surface area contributed by atoms with Gasteiger partial charge in [-0.1, -0.05) is 53.6 Å². The van der Waals surface area contributed by atoms with E-state index in [0.29, 0.717) is 5.92 Å². The maximum absolute atomic E-state index is 12.9. The van der Waals surface area contributed by atoms with Gasteiger partial charge in [-0.2, -0.15) is 0 Å². The fourth-order valence-corrected chi connectivity index (χ4v) is 1.98. The molecule has 0 aliphatic heterocycles. The van der Waals surface area contributed by atoms with Crippen molar-refractivity contribution >= 4 is 22.0 Å². The average molecular weight is 257 g/mol. The van der Waals surface area contributed by atoms with Crippen LogP contribution in [0.2, 0.25) is 0 Å². The lowest BCUT2D eigenvalue weighted by atomic mass is 10.0. The monoisotopic (exact) mass is 256 g/mol. The third-order valence-corrected chi connectivity index (χ3v) is 2.74. The second kappa shape index (κ2) is 5.30. The highest BCUT2D eigenvalue weighted by Gasteiger charge is 2.01. The molecule has 0 aliphatic rings. The fourth-order valence-electron chi connectivity index (χ4n) is 1.17. The summed E-state index contributed by atoms with van der Waals surface area (Å²) < 4.78 is 12.9. The molecule has 0 bridgehead atoms. The van der Waals surface area contributed by atoms with Gasteiger partial charge >= 0.3 is 0 Å². The first-order chi connectivity index (χ1) is 6.63. The lowest BCUT2D eigenvalue weighted by Gasteiger charge is -2.07. The number of allylic oxidation sites excluding steroid dienone is 1. The van der Waals surface area contributed by atoms with E-state index in [4.69, 9.17) is 0 Å². The molecule has 0 atom stereocenters. The molecule has 2 heteroatoms. The zero-order chi connectivity index (χ0) is 10.6. The molecule has 0 unspecified atom stereocenters. The van der Waals surface area contributed by atoms with Gasteiger partial charge in [0.15, 0.2) is 0 Å². The van der Waals surface area contributed by atoms with Crippen LogP contribution >= 0.6 is 15.9 Å². The Morgan fingerprint density at radius 3 is 2.71 bits per heavy atom. The molecule has 0 aliphatic carbocycles. The summed E-state index contributed by atoms with van der Waals surface area (Å²) in [5, 5.41) is 0.835. The van der Waals surface area contributed by atoms with E-state index < -0.39 is 0 Å². The van der Waals surface area contributed by atoms with Crippen LogP contribution in [0.4, 0.5) is 4.39 Å². The van der Waals surface area contributed by atoms with Gasteiger partial charge in [-0.05, 0) is 23.6 Å². The number of hydrogen-bond acceptors (Lipinski definition) is 0. The molecule has 0 amide bonds. The molecular formula is C12H14BrF. The van der Waals surface area contributed by atoms with Crippen LogP contribution in [0.3, 0.4) is 0 Å². The SMILES string of the molecule is CC(C)/C(=C/c1cccc(F)c1)CBr. The van der Waals surface area contributed by atoms with Gasteiger partial charge < -0.3 is 0 Å². The standard InChI is InChI=1S/C12H14BrF/c1-9(2)11(8-13)6-10-4-3-5-12(14)7-10/h3-7,9H,8H2,1-2H3/b11-6+. The first kappa shape index (κ1) is 11.4. The third kappa shape index (κ3) is 3.26. The molecule has 0 spiro atoms. The van der Waals surface area contributed by atoms with Crippen LogP contribution < -0.4 is 0 Å². The highest BCUT2D eigenvalue weighted by Crippen LogP contribution is 2.17. The molecule has 0 saturated heterocycles. The van der Waals surface area contributed by atoms with Crippen LogP contribution in [0.5, 0.6) is 0 Å². The smallest absolute Gasteiger partial charge is 0.123 e. The van der Waals surface area contributed by atoms with Gasteiger partial charge in [0.05, 0.1) is 0 Å². The van der Waals surface area contributed by atoms with Crippen molar-refractivity contribution in [2.45, 2.75) is 13.8 Å². The normalized spacial score (nSPS) is 12.2. The summed E-state index contributed by atoms with van der Waals surface area (Å²) in [5.41, 5.74) is 2.20. The Morgan fingerprint density at radius 1 is 1.50 bits per heavy atom. The summed E-state index contributed by atoms with van der Waals surface area (Å²) in [5.74, 6) is 0.300. The minimum atomic E-state index is -0.184. The van der Waals surface area contributed by atoms with E-state index in [1.807, 2.05) is 12.1 Å². The zero-order valence-electron chi connectivity index (χ0n) is 8.43. The van der Waals surface area contributed by atoms with Crippen molar-refractivity contribution in [3.05, 3.63) is 41.2 Å². The van der Waals surface area contributed by atoms with E-state index in [1.54, 1.807) is 12.1 Å². The predicted octanol–water partition coefficient (Wildman–Crippen LogP) is 4.26. The Balaban J connectivity index is 2.94. The summed E-state index contributed by atoms with van der Waals surface area (Å²) in [4.78, 5) is 0. The lowest BCUT2D eigenvalue weighted by Crippen LogP contribution is -1.94. The second-order valence-corrected chi connectivity index (χ2v) is 4.12. The summed E-state index contributed by atoms with van der Waals surface area (Å²) in [7, 11) is 0. The van der Waals surface area contributed by atoms with E-state index in [-0.39, 0.29) is 5.82 Å². The topological polar surface area (TPSA) is 0 Å². The van der Waals surface area contributed by atoms with Crippen LogP contribution in [-0.4, -0.2) is 5.33 Å². The lowest BCUT2D eigenvalue weighted by molar-refractivity contribution is 0.627. The molecule has 0 radical (unpaired) electrons. The Bertz CT molecular complexity index is 329. The summed E-state index contributed by atoms with van der Waals surface area (Å²) in [6.07, 6.45) is 2.03. The van der Waals surface area contributed by atoms with Crippen LogP contribution in [0.25, 0.3) is 6.08 Å². The molecule has 0 nitrogen and oxygen atoms in total. The van der Waals surface area contributed by atoms with Gasteiger partial charge in [0, 0.05) is 5.33 Å². The molecular weight excluding hydrogens is 243 g/mol. The minimum absolute atomic E-state index is 0.184. The van der Waals surface area contributed by atoms with Crippen molar-refractivity contribution in [2.24, 2.45) is 5.92 Å². The highest BCUT2D eigenvalue weighted by molar-refractivity contribution is 9.09. The first-order valence-electron chi connectivity index (χ1n) is 4.65. The molecule has 0 fully saturated rings. The third-order valence-electron chi connectivity index (χ3n) is 2.10. The number of halogens is 2. The van der Waals surface area contributed by atoms with E-state index in [0.717, 1.165) is 10.9 Å². The molecule has 0 N–H and O–H groups in total. The van der Waals surface area contributed by atoms with Crippen molar-refractivity contribution < 1.29 is 4.39 Å². The van der Waals surface area contributed by atoms with Crippen LogP contribution in [0.15, 0.2) is 29.8 Å². The molecule has 76 valence electrons. The largest absolute Gasteiger partial charge is 0.207 e. The second-order valence-electron chi connectivity index (χ2n) is 3.56. The zero-order valence-corrected chi connectivity index (χ0v) is 10.0. The average Bonchev–Trinajstić information content (AvgIpc) is 2.14. The van der Waals surface area contributed by atoms with Gasteiger partial charge in [-0.15, -0.1) is 0 Å². The Kier molecular flexibility index (Phi) is 4.33. The van der Waals surface area contributed by atoms with E-state index >= 15 is 0 Å². The Morgan fingerprint density at radius 2 is 2.21 bits per heavy atom. The maximum atomic E-state index is 12.9. The van der Waals surface area contributed by atoms with Crippen molar-refractivity contribution in [3.8, 4) is 0 Å². The Hall–Kier alpha value is -0.630. The van der Waals surface area contributed by atoms with Crippen molar-refractivity contribution in [3.63, 3.8) is 0 Å². The first-order valence-corrected chi connectivity index (χ1v) is 5.77. The summed E-state index contributed by atoms with van der Waals surface area (Å²) in [6, 6.07) is 6.65.